The molecule has 6 heteroatoms. The molecule has 0 saturated heterocycles. The Balaban J connectivity index is 1.77. The van der Waals surface area contributed by atoms with Crippen molar-refractivity contribution in [1.82, 2.24) is 0 Å². The smallest absolute Gasteiger partial charge is 0.307 e. The highest BCUT2D eigenvalue weighted by Crippen LogP contribution is 2.36. The van der Waals surface area contributed by atoms with Crippen molar-refractivity contribution in [2.24, 2.45) is 11.8 Å². The fourth-order valence-corrected chi connectivity index (χ4v) is 3.18. The molecule has 3 rings (SSSR count). The van der Waals surface area contributed by atoms with Gasteiger partial charge in [-0.05, 0) is 38.8 Å². The number of hydrogen-bond donors (Lipinski definition) is 2. The van der Waals surface area contributed by atoms with Crippen LogP contribution in [0.2, 0.25) is 0 Å². The summed E-state index contributed by atoms with van der Waals surface area (Å²) in [5.41, 5.74) is 2.73. The normalized spacial score (nSPS) is 22.9. The SMILES string of the molecule is CC1=C(C)C[C@@H](C(=O)O)[C@@H](C(=O)Nc2ccc3c(c2)OCCO3)C1. The highest BCUT2D eigenvalue weighted by molar-refractivity contribution is 5.95. The van der Waals surface area contributed by atoms with E-state index in [1.165, 1.54) is 0 Å². The summed E-state index contributed by atoms with van der Waals surface area (Å²) in [7, 11) is 0. The van der Waals surface area contributed by atoms with E-state index in [0.29, 0.717) is 43.2 Å². The molecule has 1 amide bonds. The first kappa shape index (κ1) is 16.4. The molecular formula is C18H21NO5. The van der Waals surface area contributed by atoms with E-state index in [-0.39, 0.29) is 5.91 Å². The minimum atomic E-state index is -0.927. The molecule has 0 aromatic heterocycles. The van der Waals surface area contributed by atoms with Crippen LogP contribution in [0.5, 0.6) is 11.5 Å². The van der Waals surface area contributed by atoms with Crippen LogP contribution in [-0.2, 0) is 9.59 Å². The van der Waals surface area contributed by atoms with Gasteiger partial charge in [-0.2, -0.15) is 0 Å². The van der Waals surface area contributed by atoms with E-state index in [2.05, 4.69) is 5.32 Å². The number of hydrogen-bond acceptors (Lipinski definition) is 4. The molecule has 0 saturated carbocycles. The van der Waals surface area contributed by atoms with E-state index in [1.807, 2.05) is 13.8 Å². The number of benzene rings is 1. The molecule has 6 nitrogen and oxygen atoms in total. The van der Waals surface area contributed by atoms with E-state index in [1.54, 1.807) is 18.2 Å². The summed E-state index contributed by atoms with van der Waals surface area (Å²) in [4.78, 5) is 24.2. The molecule has 1 aliphatic heterocycles. The van der Waals surface area contributed by atoms with Gasteiger partial charge in [0.25, 0.3) is 0 Å². The van der Waals surface area contributed by atoms with E-state index >= 15 is 0 Å². The van der Waals surface area contributed by atoms with Crippen LogP contribution in [0, 0.1) is 11.8 Å². The Morgan fingerprint density at radius 2 is 1.67 bits per heavy atom. The van der Waals surface area contributed by atoms with Gasteiger partial charge in [-0.3, -0.25) is 9.59 Å². The highest BCUT2D eigenvalue weighted by Gasteiger charge is 2.37. The Hall–Kier alpha value is -2.50. The fraction of sp³-hybridized carbons (Fsp3) is 0.444. The minimum Gasteiger partial charge on any atom is -0.486 e. The molecule has 2 N–H and O–H groups in total. The third-order valence-corrected chi connectivity index (χ3v) is 4.73. The average Bonchev–Trinajstić information content (AvgIpc) is 2.56. The number of nitrogens with one attached hydrogen (secondary N) is 1. The van der Waals surface area contributed by atoms with Gasteiger partial charge >= 0.3 is 5.97 Å². The molecule has 0 fully saturated rings. The molecule has 1 aliphatic carbocycles. The zero-order valence-electron chi connectivity index (χ0n) is 13.8. The predicted octanol–water partition coefficient (Wildman–Crippen LogP) is 2.84. The molecule has 0 radical (unpaired) electrons. The van der Waals surface area contributed by atoms with Crippen LogP contribution in [-0.4, -0.2) is 30.2 Å². The van der Waals surface area contributed by atoms with Crippen molar-refractivity contribution >= 4 is 17.6 Å². The number of carbonyl (C=O) groups excluding carboxylic acids is 1. The van der Waals surface area contributed by atoms with Gasteiger partial charge in [0.05, 0.1) is 11.8 Å². The first-order valence-electron chi connectivity index (χ1n) is 8.04. The second kappa shape index (κ2) is 6.55. The van der Waals surface area contributed by atoms with Crippen molar-refractivity contribution < 1.29 is 24.2 Å². The maximum Gasteiger partial charge on any atom is 0.307 e. The van der Waals surface area contributed by atoms with Crippen LogP contribution < -0.4 is 14.8 Å². The van der Waals surface area contributed by atoms with E-state index < -0.39 is 17.8 Å². The molecule has 0 spiro atoms. The Kier molecular flexibility index (Phi) is 4.46. The van der Waals surface area contributed by atoms with Crippen LogP contribution in [0.25, 0.3) is 0 Å². The number of anilines is 1. The number of amides is 1. The standard InChI is InChI=1S/C18H21NO5/c1-10-7-13(14(18(21)22)8-11(10)2)17(20)19-12-3-4-15-16(9-12)24-6-5-23-15/h3-4,9,13-14H,5-8H2,1-2H3,(H,19,20)(H,21,22)/t13-,14+/m0/s1. The number of carbonyl (C=O) groups is 2. The van der Waals surface area contributed by atoms with Crippen molar-refractivity contribution in [3.05, 3.63) is 29.3 Å². The predicted molar refractivity (Wildman–Crippen MR) is 88.3 cm³/mol. The lowest BCUT2D eigenvalue weighted by Crippen LogP contribution is -2.36. The van der Waals surface area contributed by atoms with Gasteiger partial charge in [0, 0.05) is 11.8 Å². The summed E-state index contributed by atoms with van der Waals surface area (Å²) in [5.74, 6) is -1.22. The average molecular weight is 331 g/mol. The summed E-state index contributed by atoms with van der Waals surface area (Å²) in [5, 5.41) is 12.3. The van der Waals surface area contributed by atoms with Gasteiger partial charge in [0.2, 0.25) is 5.91 Å². The highest BCUT2D eigenvalue weighted by atomic mass is 16.6. The van der Waals surface area contributed by atoms with Crippen LogP contribution >= 0.6 is 0 Å². The molecular weight excluding hydrogens is 310 g/mol. The van der Waals surface area contributed by atoms with Gasteiger partial charge in [0.15, 0.2) is 11.5 Å². The zero-order chi connectivity index (χ0) is 17.3. The number of rotatable bonds is 3. The van der Waals surface area contributed by atoms with Gasteiger partial charge < -0.3 is 19.9 Å². The Bertz CT molecular complexity index is 709. The van der Waals surface area contributed by atoms with Crippen LogP contribution in [0.3, 0.4) is 0 Å². The van der Waals surface area contributed by atoms with Gasteiger partial charge in [0.1, 0.15) is 13.2 Å². The first-order chi connectivity index (χ1) is 11.5. The van der Waals surface area contributed by atoms with Crippen LogP contribution in [0.15, 0.2) is 29.3 Å². The Morgan fingerprint density at radius 3 is 2.33 bits per heavy atom. The van der Waals surface area contributed by atoms with Crippen molar-refractivity contribution in [1.29, 1.82) is 0 Å². The number of carboxylic acids is 1. The molecule has 2 aliphatic rings. The third kappa shape index (κ3) is 3.22. The molecule has 24 heavy (non-hydrogen) atoms. The molecule has 1 aromatic carbocycles. The molecule has 1 heterocycles. The lowest BCUT2D eigenvalue weighted by molar-refractivity contribution is -0.146. The maximum atomic E-state index is 12.6. The Morgan fingerprint density at radius 1 is 1.04 bits per heavy atom. The number of allylic oxidation sites excluding steroid dienone is 2. The fourth-order valence-electron chi connectivity index (χ4n) is 3.18. The van der Waals surface area contributed by atoms with Crippen LogP contribution in [0.1, 0.15) is 26.7 Å². The largest absolute Gasteiger partial charge is 0.486 e. The van der Waals surface area contributed by atoms with E-state index in [0.717, 1.165) is 11.1 Å². The number of aliphatic carboxylic acids is 1. The first-order valence-corrected chi connectivity index (χ1v) is 8.04. The quantitative estimate of drug-likeness (QED) is 0.832. The maximum absolute atomic E-state index is 12.6. The molecule has 0 unspecified atom stereocenters. The zero-order valence-corrected chi connectivity index (χ0v) is 13.8. The lowest BCUT2D eigenvalue weighted by Gasteiger charge is -2.29. The van der Waals surface area contributed by atoms with Gasteiger partial charge in [-0.25, -0.2) is 0 Å². The number of carboxylic acid groups (broad SMARTS) is 1. The summed E-state index contributed by atoms with van der Waals surface area (Å²) < 4.78 is 11.0. The Labute approximate surface area is 140 Å². The lowest BCUT2D eigenvalue weighted by atomic mass is 9.76. The summed E-state index contributed by atoms with van der Waals surface area (Å²) in [6, 6.07) is 5.19. The van der Waals surface area contributed by atoms with Crippen molar-refractivity contribution in [2.75, 3.05) is 18.5 Å². The minimum absolute atomic E-state index is 0.272. The van der Waals surface area contributed by atoms with E-state index in [9.17, 15) is 14.7 Å². The van der Waals surface area contributed by atoms with Gasteiger partial charge in [-0.1, -0.05) is 11.1 Å². The molecule has 0 bridgehead atoms. The van der Waals surface area contributed by atoms with Crippen molar-refractivity contribution in [3.8, 4) is 11.5 Å². The second-order valence-electron chi connectivity index (χ2n) is 6.37. The van der Waals surface area contributed by atoms with Gasteiger partial charge in [-0.15, -0.1) is 0 Å². The number of fused-ring (bicyclic) bond motifs is 1. The van der Waals surface area contributed by atoms with Crippen molar-refractivity contribution in [3.63, 3.8) is 0 Å². The number of ether oxygens (including phenoxy) is 2. The third-order valence-electron chi connectivity index (χ3n) is 4.73. The molecule has 128 valence electrons. The summed E-state index contributed by atoms with van der Waals surface area (Å²) >= 11 is 0. The molecule has 1 aromatic rings. The topological polar surface area (TPSA) is 84.9 Å². The van der Waals surface area contributed by atoms with Crippen LogP contribution in [0.4, 0.5) is 5.69 Å². The second-order valence-corrected chi connectivity index (χ2v) is 6.37. The summed E-state index contributed by atoms with van der Waals surface area (Å²) in [6.45, 7) is 4.86. The van der Waals surface area contributed by atoms with Crippen molar-refractivity contribution in [2.45, 2.75) is 26.7 Å². The molecule has 2 atom stereocenters. The monoisotopic (exact) mass is 331 g/mol. The summed E-state index contributed by atoms with van der Waals surface area (Å²) in [6.07, 6.45) is 0.888. The van der Waals surface area contributed by atoms with E-state index in [4.69, 9.17) is 9.47 Å².